The Bertz CT molecular complexity index is 124. The molecule has 13 heavy (non-hydrogen) atoms. The first kappa shape index (κ1) is 13.0. The molecule has 0 aromatic carbocycles. The van der Waals surface area contributed by atoms with Gasteiger partial charge in [0.1, 0.15) is 0 Å². The monoisotopic (exact) mass is 185 g/mol. The van der Waals surface area contributed by atoms with Crippen molar-refractivity contribution < 1.29 is 0 Å². The van der Waals surface area contributed by atoms with Gasteiger partial charge in [0.05, 0.1) is 0 Å². The van der Waals surface area contributed by atoms with Crippen molar-refractivity contribution in [3.8, 4) is 0 Å². The quantitative estimate of drug-likeness (QED) is 0.633. The lowest BCUT2D eigenvalue weighted by molar-refractivity contribution is 0.149. The van der Waals surface area contributed by atoms with Crippen LogP contribution in [0.3, 0.4) is 0 Å². The summed E-state index contributed by atoms with van der Waals surface area (Å²) in [6.45, 7) is 12.7. The molecule has 0 aliphatic heterocycles. The second kappa shape index (κ2) is 5.64. The first-order chi connectivity index (χ1) is 5.88. The van der Waals surface area contributed by atoms with Gasteiger partial charge in [-0.15, -0.1) is 0 Å². The van der Waals surface area contributed by atoms with Crippen molar-refractivity contribution in [3.63, 3.8) is 0 Å². The minimum Gasteiger partial charge on any atom is -0.301 e. The van der Waals surface area contributed by atoms with Gasteiger partial charge >= 0.3 is 0 Å². The van der Waals surface area contributed by atoms with Gasteiger partial charge in [-0.05, 0) is 40.2 Å². The first-order valence-corrected chi connectivity index (χ1v) is 5.59. The average molecular weight is 185 g/mol. The molecule has 0 N–H and O–H groups in total. The molecular formula is C12H27N. The summed E-state index contributed by atoms with van der Waals surface area (Å²) in [5.41, 5.74) is 0.320. The molecule has 1 atom stereocenters. The molecule has 1 unspecified atom stereocenters. The van der Waals surface area contributed by atoms with Crippen LogP contribution in [-0.4, -0.2) is 24.0 Å². The topological polar surface area (TPSA) is 3.24 Å². The molecule has 0 spiro atoms. The van der Waals surface area contributed by atoms with Gasteiger partial charge in [0.25, 0.3) is 0 Å². The Morgan fingerprint density at radius 3 is 2.15 bits per heavy atom. The molecule has 1 heteroatoms. The highest BCUT2D eigenvalue weighted by Gasteiger charge is 2.18. The van der Waals surface area contributed by atoms with Crippen molar-refractivity contribution >= 4 is 0 Å². The molecule has 0 amide bonds. The Labute approximate surface area is 84.5 Å². The van der Waals surface area contributed by atoms with Crippen LogP contribution < -0.4 is 0 Å². The van der Waals surface area contributed by atoms with Gasteiger partial charge in [0.2, 0.25) is 0 Å². The lowest BCUT2D eigenvalue weighted by Crippen LogP contribution is -2.40. The normalized spacial score (nSPS) is 15.0. The van der Waals surface area contributed by atoms with Crippen LogP contribution in [0.15, 0.2) is 0 Å². The van der Waals surface area contributed by atoms with Crippen LogP contribution in [0.5, 0.6) is 0 Å². The van der Waals surface area contributed by atoms with E-state index in [0.717, 1.165) is 5.92 Å². The molecular weight excluding hydrogens is 158 g/mol. The summed E-state index contributed by atoms with van der Waals surface area (Å²) in [6, 6.07) is 0. The van der Waals surface area contributed by atoms with E-state index >= 15 is 0 Å². The van der Waals surface area contributed by atoms with Crippen molar-refractivity contribution in [2.24, 2.45) is 5.92 Å². The van der Waals surface area contributed by atoms with Crippen molar-refractivity contribution in [2.75, 3.05) is 13.6 Å². The Morgan fingerprint density at radius 2 is 1.77 bits per heavy atom. The fraction of sp³-hybridized carbons (Fsp3) is 1.00. The average Bonchev–Trinajstić information content (AvgIpc) is 1.99. The second-order valence-electron chi connectivity index (χ2n) is 5.30. The predicted octanol–water partition coefficient (Wildman–Crippen LogP) is 3.54. The zero-order valence-corrected chi connectivity index (χ0v) is 10.4. The Balaban J connectivity index is 3.71. The molecule has 0 aromatic rings. The minimum atomic E-state index is 0.320. The van der Waals surface area contributed by atoms with E-state index in [1.54, 1.807) is 0 Å². The van der Waals surface area contributed by atoms with E-state index in [0.29, 0.717) is 5.54 Å². The van der Waals surface area contributed by atoms with E-state index in [1.807, 2.05) is 0 Å². The minimum absolute atomic E-state index is 0.320. The molecule has 0 saturated heterocycles. The van der Waals surface area contributed by atoms with E-state index < -0.39 is 0 Å². The third-order valence-electron chi connectivity index (χ3n) is 2.78. The summed E-state index contributed by atoms with van der Waals surface area (Å²) in [6.07, 6.45) is 4.07. The molecule has 0 aliphatic rings. The SMILES string of the molecule is CCCCC(C)CN(C)C(C)(C)C. The number of unbranched alkanes of at least 4 members (excludes halogenated alkanes) is 1. The molecule has 0 heterocycles. The summed E-state index contributed by atoms with van der Waals surface area (Å²) < 4.78 is 0. The summed E-state index contributed by atoms with van der Waals surface area (Å²) >= 11 is 0. The van der Waals surface area contributed by atoms with Gasteiger partial charge in [-0.1, -0.05) is 26.7 Å². The zero-order valence-electron chi connectivity index (χ0n) is 10.4. The molecule has 0 fully saturated rings. The highest BCUT2D eigenvalue weighted by molar-refractivity contribution is 4.74. The van der Waals surface area contributed by atoms with Gasteiger partial charge in [0, 0.05) is 12.1 Å². The fourth-order valence-electron chi connectivity index (χ4n) is 1.39. The van der Waals surface area contributed by atoms with Crippen molar-refractivity contribution in [3.05, 3.63) is 0 Å². The maximum Gasteiger partial charge on any atom is 0.0122 e. The van der Waals surface area contributed by atoms with E-state index in [4.69, 9.17) is 0 Å². The third-order valence-corrected chi connectivity index (χ3v) is 2.78. The highest BCUT2D eigenvalue weighted by Crippen LogP contribution is 2.15. The summed E-state index contributed by atoms with van der Waals surface area (Å²) in [4.78, 5) is 2.45. The lowest BCUT2D eigenvalue weighted by Gasteiger charge is -2.34. The van der Waals surface area contributed by atoms with E-state index in [2.05, 4.69) is 46.6 Å². The molecule has 0 bridgehead atoms. The van der Waals surface area contributed by atoms with Crippen LogP contribution in [0, 0.1) is 5.92 Å². The van der Waals surface area contributed by atoms with E-state index in [9.17, 15) is 0 Å². The van der Waals surface area contributed by atoms with Crippen LogP contribution in [0.25, 0.3) is 0 Å². The van der Waals surface area contributed by atoms with Crippen LogP contribution >= 0.6 is 0 Å². The molecule has 0 saturated carbocycles. The highest BCUT2D eigenvalue weighted by atomic mass is 15.2. The molecule has 0 radical (unpaired) electrons. The van der Waals surface area contributed by atoms with Crippen LogP contribution in [0.4, 0.5) is 0 Å². The van der Waals surface area contributed by atoms with E-state index in [-0.39, 0.29) is 0 Å². The maximum atomic E-state index is 2.45. The van der Waals surface area contributed by atoms with Crippen LogP contribution in [-0.2, 0) is 0 Å². The maximum absolute atomic E-state index is 2.45. The van der Waals surface area contributed by atoms with Gasteiger partial charge in [0.15, 0.2) is 0 Å². The third kappa shape index (κ3) is 6.09. The fourth-order valence-corrected chi connectivity index (χ4v) is 1.39. The van der Waals surface area contributed by atoms with Gasteiger partial charge in [-0.2, -0.15) is 0 Å². The Morgan fingerprint density at radius 1 is 1.23 bits per heavy atom. The number of hydrogen-bond acceptors (Lipinski definition) is 1. The smallest absolute Gasteiger partial charge is 0.0122 e. The van der Waals surface area contributed by atoms with Crippen LogP contribution in [0.1, 0.15) is 53.9 Å². The number of rotatable bonds is 5. The van der Waals surface area contributed by atoms with Crippen molar-refractivity contribution in [1.82, 2.24) is 4.90 Å². The second-order valence-corrected chi connectivity index (χ2v) is 5.30. The standard InChI is InChI=1S/C12H27N/c1-7-8-9-11(2)10-13(6)12(3,4)5/h11H,7-10H2,1-6H3. The molecule has 0 rings (SSSR count). The van der Waals surface area contributed by atoms with Crippen molar-refractivity contribution in [2.45, 2.75) is 59.4 Å². The van der Waals surface area contributed by atoms with Gasteiger partial charge < -0.3 is 4.90 Å². The first-order valence-electron chi connectivity index (χ1n) is 5.59. The van der Waals surface area contributed by atoms with Gasteiger partial charge in [-0.25, -0.2) is 0 Å². The van der Waals surface area contributed by atoms with E-state index in [1.165, 1.54) is 25.8 Å². The predicted molar refractivity (Wildman–Crippen MR) is 61.1 cm³/mol. The van der Waals surface area contributed by atoms with Crippen LogP contribution in [0.2, 0.25) is 0 Å². The zero-order chi connectivity index (χ0) is 10.5. The Kier molecular flexibility index (Phi) is 5.62. The van der Waals surface area contributed by atoms with Gasteiger partial charge in [-0.3, -0.25) is 0 Å². The lowest BCUT2D eigenvalue weighted by atomic mass is 10.0. The molecule has 0 aliphatic carbocycles. The molecule has 1 nitrogen and oxygen atoms in total. The molecule has 0 aromatic heterocycles. The summed E-state index contributed by atoms with van der Waals surface area (Å²) in [5.74, 6) is 0.837. The summed E-state index contributed by atoms with van der Waals surface area (Å²) in [7, 11) is 2.22. The summed E-state index contributed by atoms with van der Waals surface area (Å²) in [5, 5.41) is 0. The molecule has 80 valence electrons. The Hall–Kier alpha value is -0.0400. The number of hydrogen-bond donors (Lipinski definition) is 0. The van der Waals surface area contributed by atoms with Crippen molar-refractivity contribution in [1.29, 1.82) is 0 Å². The number of nitrogens with zero attached hydrogens (tertiary/aromatic N) is 1. The largest absolute Gasteiger partial charge is 0.301 e.